The minimum Gasteiger partial charge on any atom is -0.369 e. The zero-order valence-corrected chi connectivity index (χ0v) is 9.55. The summed E-state index contributed by atoms with van der Waals surface area (Å²) in [6, 6.07) is 0.564. The molecule has 1 amide bonds. The third-order valence-electron chi connectivity index (χ3n) is 3.20. The van der Waals surface area contributed by atoms with Crippen molar-refractivity contribution in [1.82, 2.24) is 5.32 Å². The number of hydrogen-bond acceptors (Lipinski definition) is 2. The molecule has 0 aromatic heterocycles. The zero-order valence-electron chi connectivity index (χ0n) is 9.55. The van der Waals surface area contributed by atoms with Crippen molar-refractivity contribution in [3.05, 3.63) is 35.1 Å². The van der Waals surface area contributed by atoms with E-state index in [1.807, 2.05) is 0 Å². The maximum Gasteiger partial charge on any atom is 0.222 e. The van der Waals surface area contributed by atoms with Crippen LogP contribution in [0.3, 0.4) is 0 Å². The Bertz CT molecular complexity index is 479. The third kappa shape index (κ3) is 2.33. The van der Waals surface area contributed by atoms with Crippen molar-refractivity contribution in [2.45, 2.75) is 18.9 Å². The van der Waals surface area contributed by atoms with Crippen LogP contribution in [0.2, 0.25) is 0 Å². The van der Waals surface area contributed by atoms with Crippen molar-refractivity contribution in [3.8, 4) is 0 Å². The van der Waals surface area contributed by atoms with Crippen LogP contribution in [-0.2, 0) is 4.79 Å². The molecule has 2 atom stereocenters. The number of carbonyl (C=O) groups is 1. The van der Waals surface area contributed by atoms with Gasteiger partial charge in [0.15, 0.2) is 11.6 Å². The van der Waals surface area contributed by atoms with Crippen LogP contribution in [-0.4, -0.2) is 12.5 Å². The van der Waals surface area contributed by atoms with Gasteiger partial charge in [0, 0.05) is 17.7 Å². The third-order valence-corrected chi connectivity index (χ3v) is 3.20. The lowest BCUT2D eigenvalue weighted by Gasteiger charge is -2.31. The molecule has 2 unspecified atom stereocenters. The number of benzene rings is 1. The SMILES string of the molecule is NC(=O)C1CCCNC1c1cc(F)c(F)cc1F. The minimum absolute atomic E-state index is 0.0580. The number of hydrogen-bond donors (Lipinski definition) is 2. The highest BCUT2D eigenvalue weighted by Gasteiger charge is 2.32. The number of carbonyl (C=O) groups excluding carboxylic acids is 1. The fraction of sp³-hybridized carbons (Fsp3) is 0.417. The second-order valence-electron chi connectivity index (χ2n) is 4.37. The molecule has 0 radical (unpaired) electrons. The topological polar surface area (TPSA) is 55.1 Å². The fourth-order valence-electron chi connectivity index (χ4n) is 2.30. The van der Waals surface area contributed by atoms with E-state index in [-0.39, 0.29) is 5.56 Å². The van der Waals surface area contributed by atoms with Crippen molar-refractivity contribution >= 4 is 5.91 Å². The Kier molecular flexibility index (Phi) is 3.56. The van der Waals surface area contributed by atoms with Gasteiger partial charge in [-0.15, -0.1) is 0 Å². The maximum atomic E-state index is 13.7. The molecule has 0 spiro atoms. The standard InChI is InChI=1S/C12H13F3N2O/c13-8-5-10(15)9(14)4-7(8)11-6(12(16)18)2-1-3-17-11/h4-6,11,17H,1-3H2,(H2,16,18). The van der Waals surface area contributed by atoms with E-state index in [1.54, 1.807) is 0 Å². The van der Waals surface area contributed by atoms with Gasteiger partial charge in [-0.3, -0.25) is 4.79 Å². The Balaban J connectivity index is 2.39. The second-order valence-corrected chi connectivity index (χ2v) is 4.37. The molecule has 1 aromatic rings. The van der Waals surface area contributed by atoms with Crippen molar-refractivity contribution in [2.75, 3.05) is 6.54 Å². The lowest BCUT2D eigenvalue weighted by Crippen LogP contribution is -2.41. The molecule has 3 nitrogen and oxygen atoms in total. The van der Waals surface area contributed by atoms with Crippen LogP contribution < -0.4 is 11.1 Å². The molecule has 18 heavy (non-hydrogen) atoms. The molecule has 0 bridgehead atoms. The summed E-state index contributed by atoms with van der Waals surface area (Å²) in [6.07, 6.45) is 1.24. The van der Waals surface area contributed by atoms with Crippen LogP contribution >= 0.6 is 0 Å². The molecule has 1 fully saturated rings. The van der Waals surface area contributed by atoms with Crippen LogP contribution in [0.5, 0.6) is 0 Å². The van der Waals surface area contributed by atoms with Gasteiger partial charge in [-0.1, -0.05) is 0 Å². The first kappa shape index (κ1) is 12.9. The van der Waals surface area contributed by atoms with Crippen molar-refractivity contribution in [3.63, 3.8) is 0 Å². The Labute approximate surface area is 102 Å². The van der Waals surface area contributed by atoms with Crippen molar-refractivity contribution in [1.29, 1.82) is 0 Å². The van der Waals surface area contributed by atoms with Gasteiger partial charge in [0.1, 0.15) is 5.82 Å². The van der Waals surface area contributed by atoms with E-state index in [0.29, 0.717) is 19.0 Å². The Hall–Kier alpha value is -1.56. The number of rotatable bonds is 2. The maximum absolute atomic E-state index is 13.7. The molecule has 2 rings (SSSR count). The van der Waals surface area contributed by atoms with Gasteiger partial charge in [0.2, 0.25) is 5.91 Å². The normalized spacial score (nSPS) is 23.9. The van der Waals surface area contributed by atoms with Crippen LogP contribution in [0.25, 0.3) is 0 Å². The minimum atomic E-state index is -1.25. The monoisotopic (exact) mass is 258 g/mol. The number of amides is 1. The van der Waals surface area contributed by atoms with Gasteiger partial charge in [0.05, 0.1) is 5.92 Å². The number of primary amides is 1. The van der Waals surface area contributed by atoms with Gasteiger partial charge in [-0.25, -0.2) is 13.2 Å². The highest BCUT2D eigenvalue weighted by Crippen LogP contribution is 2.31. The Morgan fingerprint density at radius 1 is 1.22 bits per heavy atom. The van der Waals surface area contributed by atoms with Crippen molar-refractivity contribution < 1.29 is 18.0 Å². The lowest BCUT2D eigenvalue weighted by molar-refractivity contribution is -0.123. The lowest BCUT2D eigenvalue weighted by atomic mass is 9.85. The molecule has 3 N–H and O–H groups in total. The van der Waals surface area contributed by atoms with E-state index >= 15 is 0 Å². The summed E-state index contributed by atoms with van der Waals surface area (Å²) in [6.45, 7) is 0.576. The summed E-state index contributed by atoms with van der Waals surface area (Å²) < 4.78 is 39.7. The Morgan fingerprint density at radius 2 is 1.89 bits per heavy atom. The highest BCUT2D eigenvalue weighted by molar-refractivity contribution is 5.77. The number of piperidine rings is 1. The molecular formula is C12H13F3N2O. The van der Waals surface area contributed by atoms with Crippen LogP contribution in [0, 0.1) is 23.4 Å². The first-order valence-electron chi connectivity index (χ1n) is 5.68. The molecule has 6 heteroatoms. The van der Waals surface area contributed by atoms with Gasteiger partial charge in [-0.2, -0.15) is 0 Å². The summed E-state index contributed by atoms with van der Waals surface area (Å²) in [5.74, 6) is -4.45. The average molecular weight is 258 g/mol. The van der Waals surface area contributed by atoms with Gasteiger partial charge >= 0.3 is 0 Å². The first-order chi connectivity index (χ1) is 8.50. The van der Waals surface area contributed by atoms with E-state index in [1.165, 1.54) is 0 Å². The number of halogens is 3. The smallest absolute Gasteiger partial charge is 0.222 e. The van der Waals surface area contributed by atoms with E-state index in [4.69, 9.17) is 5.73 Å². The quantitative estimate of drug-likeness (QED) is 0.792. The van der Waals surface area contributed by atoms with Gasteiger partial charge in [-0.05, 0) is 25.5 Å². The molecule has 98 valence electrons. The van der Waals surface area contributed by atoms with E-state index in [0.717, 1.165) is 12.5 Å². The fourth-order valence-corrected chi connectivity index (χ4v) is 2.30. The van der Waals surface area contributed by atoms with Crippen LogP contribution in [0.4, 0.5) is 13.2 Å². The molecule has 0 aliphatic carbocycles. The van der Waals surface area contributed by atoms with Crippen molar-refractivity contribution in [2.24, 2.45) is 11.7 Å². The predicted molar refractivity (Wildman–Crippen MR) is 59.0 cm³/mol. The summed E-state index contributed by atoms with van der Waals surface area (Å²) in [7, 11) is 0. The summed E-state index contributed by atoms with van der Waals surface area (Å²) in [5.41, 5.74) is 5.19. The molecule has 1 aromatic carbocycles. The van der Waals surface area contributed by atoms with E-state index in [9.17, 15) is 18.0 Å². The molecule has 1 heterocycles. The second kappa shape index (κ2) is 4.97. The highest BCUT2D eigenvalue weighted by atomic mass is 19.2. The van der Waals surface area contributed by atoms with Crippen LogP contribution in [0.1, 0.15) is 24.4 Å². The molecule has 1 saturated heterocycles. The molecular weight excluding hydrogens is 245 g/mol. The molecule has 1 aliphatic heterocycles. The average Bonchev–Trinajstić information content (AvgIpc) is 2.34. The summed E-state index contributed by atoms with van der Waals surface area (Å²) >= 11 is 0. The zero-order chi connectivity index (χ0) is 13.3. The first-order valence-corrected chi connectivity index (χ1v) is 5.68. The van der Waals surface area contributed by atoms with E-state index in [2.05, 4.69) is 5.32 Å². The van der Waals surface area contributed by atoms with Crippen LogP contribution in [0.15, 0.2) is 12.1 Å². The predicted octanol–water partition coefficient (Wildman–Crippen LogP) is 1.63. The number of nitrogens with one attached hydrogen (secondary N) is 1. The molecule has 0 saturated carbocycles. The van der Waals surface area contributed by atoms with E-state index < -0.39 is 35.3 Å². The summed E-state index contributed by atoms with van der Waals surface area (Å²) in [4.78, 5) is 11.3. The van der Waals surface area contributed by atoms with Gasteiger partial charge < -0.3 is 11.1 Å². The molecule has 1 aliphatic rings. The summed E-state index contributed by atoms with van der Waals surface area (Å²) in [5, 5.41) is 2.92. The largest absolute Gasteiger partial charge is 0.369 e. The number of nitrogens with two attached hydrogens (primary N) is 1. The Morgan fingerprint density at radius 3 is 2.56 bits per heavy atom. The van der Waals surface area contributed by atoms with Gasteiger partial charge in [0.25, 0.3) is 0 Å².